The van der Waals surface area contributed by atoms with E-state index in [1.165, 1.54) is 12.8 Å². The molecular formula is C17H20N2O2. The van der Waals surface area contributed by atoms with Crippen LogP contribution in [0.3, 0.4) is 0 Å². The maximum absolute atomic E-state index is 11.3. The number of aromatic carboxylic acids is 1. The average Bonchev–Trinajstić information content (AvgIpc) is 3.28. The molecule has 4 heteroatoms. The molecular weight excluding hydrogens is 264 g/mol. The highest BCUT2D eigenvalue weighted by Crippen LogP contribution is 2.35. The first-order valence-corrected chi connectivity index (χ1v) is 7.46. The van der Waals surface area contributed by atoms with Gasteiger partial charge in [0.2, 0.25) is 0 Å². The summed E-state index contributed by atoms with van der Waals surface area (Å²) < 4.78 is 0. The van der Waals surface area contributed by atoms with E-state index in [9.17, 15) is 9.90 Å². The lowest BCUT2D eigenvalue weighted by molar-refractivity contribution is 0.0691. The van der Waals surface area contributed by atoms with Gasteiger partial charge in [-0.15, -0.1) is 0 Å². The Labute approximate surface area is 124 Å². The van der Waals surface area contributed by atoms with Crippen molar-refractivity contribution in [3.8, 4) is 0 Å². The third-order valence-electron chi connectivity index (χ3n) is 3.76. The zero-order chi connectivity index (χ0) is 15.0. The number of carboxylic acid groups (broad SMARTS) is 1. The number of carbonyl (C=O) groups is 1. The Hall–Kier alpha value is -2.10. The molecule has 0 spiro atoms. The van der Waals surface area contributed by atoms with Crippen LogP contribution >= 0.6 is 0 Å². The summed E-state index contributed by atoms with van der Waals surface area (Å²) in [6.07, 6.45) is 2.33. The monoisotopic (exact) mass is 284 g/mol. The molecule has 3 rings (SSSR count). The Morgan fingerprint density at radius 1 is 1.38 bits per heavy atom. The van der Waals surface area contributed by atoms with Gasteiger partial charge in [-0.1, -0.05) is 38.1 Å². The first kappa shape index (κ1) is 13.9. The Kier molecular flexibility index (Phi) is 3.53. The molecule has 0 radical (unpaired) electrons. The highest BCUT2D eigenvalue weighted by atomic mass is 16.4. The van der Waals surface area contributed by atoms with Crippen LogP contribution < -0.4 is 4.90 Å². The molecule has 0 bridgehead atoms. The van der Waals surface area contributed by atoms with Gasteiger partial charge in [0.1, 0.15) is 5.82 Å². The maximum Gasteiger partial charge on any atom is 0.354 e. The highest BCUT2D eigenvalue weighted by molar-refractivity contribution is 5.98. The number of fused-ring (bicyclic) bond motifs is 1. The minimum atomic E-state index is -0.970. The van der Waals surface area contributed by atoms with Crippen molar-refractivity contribution < 1.29 is 9.90 Å². The predicted octanol–water partition coefficient (Wildman–Crippen LogP) is 3.56. The summed E-state index contributed by atoms with van der Waals surface area (Å²) in [7, 11) is 0. The second kappa shape index (κ2) is 5.35. The Bertz CT molecular complexity index is 678. The predicted molar refractivity (Wildman–Crippen MR) is 83.9 cm³/mol. The largest absolute Gasteiger partial charge is 0.477 e. The standard InChI is InChI=1S/C17H20N2O2/c1-11(2)10-19(13-7-8-13)16-14-6-4-3-5-12(14)9-15(18-16)17(20)21/h3-6,9,11,13H,7-8,10H2,1-2H3,(H,20,21). The molecule has 0 amide bonds. The fourth-order valence-electron chi connectivity index (χ4n) is 2.70. The van der Waals surface area contributed by atoms with E-state index in [0.717, 1.165) is 23.1 Å². The van der Waals surface area contributed by atoms with Crippen molar-refractivity contribution in [2.45, 2.75) is 32.7 Å². The maximum atomic E-state index is 11.3. The molecule has 0 unspecified atom stereocenters. The fourth-order valence-corrected chi connectivity index (χ4v) is 2.70. The molecule has 1 aliphatic carbocycles. The molecule has 21 heavy (non-hydrogen) atoms. The molecule has 2 aromatic rings. The molecule has 4 nitrogen and oxygen atoms in total. The third kappa shape index (κ3) is 2.84. The van der Waals surface area contributed by atoms with Crippen LogP contribution in [0.2, 0.25) is 0 Å². The summed E-state index contributed by atoms with van der Waals surface area (Å²) in [5.41, 5.74) is 0.123. The number of hydrogen-bond acceptors (Lipinski definition) is 3. The van der Waals surface area contributed by atoms with Crippen molar-refractivity contribution in [2.75, 3.05) is 11.4 Å². The number of carboxylic acids is 1. The molecule has 1 saturated carbocycles. The number of aromatic nitrogens is 1. The van der Waals surface area contributed by atoms with Gasteiger partial charge in [-0.2, -0.15) is 0 Å². The van der Waals surface area contributed by atoms with Crippen LogP contribution in [0.4, 0.5) is 5.82 Å². The van der Waals surface area contributed by atoms with Gasteiger partial charge in [-0.3, -0.25) is 0 Å². The number of pyridine rings is 1. The van der Waals surface area contributed by atoms with Gasteiger partial charge in [0.15, 0.2) is 5.69 Å². The number of anilines is 1. The fraction of sp³-hybridized carbons (Fsp3) is 0.412. The molecule has 0 aliphatic heterocycles. The molecule has 1 N–H and O–H groups in total. The van der Waals surface area contributed by atoms with Crippen LogP contribution in [0, 0.1) is 5.92 Å². The number of hydrogen-bond donors (Lipinski definition) is 1. The lowest BCUT2D eigenvalue weighted by Gasteiger charge is -2.27. The zero-order valence-corrected chi connectivity index (χ0v) is 12.4. The van der Waals surface area contributed by atoms with E-state index in [2.05, 4.69) is 23.7 Å². The van der Waals surface area contributed by atoms with E-state index in [4.69, 9.17) is 0 Å². The van der Waals surface area contributed by atoms with E-state index in [1.54, 1.807) is 6.07 Å². The van der Waals surface area contributed by atoms with Gasteiger partial charge in [0.25, 0.3) is 0 Å². The van der Waals surface area contributed by atoms with Crippen LogP contribution in [-0.2, 0) is 0 Å². The first-order valence-electron chi connectivity index (χ1n) is 7.46. The number of benzene rings is 1. The van der Waals surface area contributed by atoms with E-state index < -0.39 is 5.97 Å². The topological polar surface area (TPSA) is 53.4 Å². The van der Waals surface area contributed by atoms with Crippen LogP contribution in [0.15, 0.2) is 30.3 Å². The Morgan fingerprint density at radius 2 is 2.10 bits per heavy atom. The second-order valence-electron chi connectivity index (χ2n) is 6.13. The van der Waals surface area contributed by atoms with Crippen molar-refractivity contribution in [3.05, 3.63) is 36.0 Å². The highest BCUT2D eigenvalue weighted by Gasteiger charge is 2.31. The van der Waals surface area contributed by atoms with Crippen molar-refractivity contribution >= 4 is 22.6 Å². The SMILES string of the molecule is CC(C)CN(c1nc(C(=O)O)cc2ccccc12)C1CC1. The van der Waals surface area contributed by atoms with E-state index in [1.807, 2.05) is 24.3 Å². The lowest BCUT2D eigenvalue weighted by Crippen LogP contribution is -2.31. The third-order valence-corrected chi connectivity index (χ3v) is 3.76. The van der Waals surface area contributed by atoms with Crippen molar-refractivity contribution in [1.82, 2.24) is 4.98 Å². The van der Waals surface area contributed by atoms with Crippen molar-refractivity contribution in [2.24, 2.45) is 5.92 Å². The Morgan fingerprint density at radius 3 is 2.71 bits per heavy atom. The number of nitrogens with zero attached hydrogens (tertiary/aromatic N) is 2. The minimum absolute atomic E-state index is 0.123. The first-order chi connectivity index (χ1) is 10.1. The van der Waals surface area contributed by atoms with Gasteiger partial charge >= 0.3 is 5.97 Å². The van der Waals surface area contributed by atoms with Gasteiger partial charge in [0.05, 0.1) is 0 Å². The molecule has 1 aromatic heterocycles. The van der Waals surface area contributed by atoms with Gasteiger partial charge in [0, 0.05) is 18.0 Å². The summed E-state index contributed by atoms with van der Waals surface area (Å²) in [5.74, 6) is 0.364. The molecule has 1 aromatic carbocycles. The van der Waals surface area contributed by atoms with E-state index in [-0.39, 0.29) is 5.69 Å². The summed E-state index contributed by atoms with van der Waals surface area (Å²) in [4.78, 5) is 18.1. The van der Waals surface area contributed by atoms with Crippen LogP contribution in [0.25, 0.3) is 10.8 Å². The summed E-state index contributed by atoms with van der Waals surface area (Å²) in [6.45, 7) is 5.27. The van der Waals surface area contributed by atoms with Crippen LogP contribution in [-0.4, -0.2) is 28.6 Å². The average molecular weight is 284 g/mol. The van der Waals surface area contributed by atoms with Crippen LogP contribution in [0.5, 0.6) is 0 Å². The van der Waals surface area contributed by atoms with E-state index >= 15 is 0 Å². The van der Waals surface area contributed by atoms with Crippen molar-refractivity contribution in [1.29, 1.82) is 0 Å². The molecule has 0 atom stereocenters. The summed E-state index contributed by atoms with van der Waals surface area (Å²) in [6, 6.07) is 10.1. The molecule has 1 aliphatic rings. The van der Waals surface area contributed by atoms with Gasteiger partial charge in [-0.25, -0.2) is 9.78 Å². The normalized spacial score (nSPS) is 14.6. The smallest absolute Gasteiger partial charge is 0.354 e. The molecule has 110 valence electrons. The lowest BCUT2D eigenvalue weighted by atomic mass is 10.1. The second-order valence-corrected chi connectivity index (χ2v) is 6.13. The summed E-state index contributed by atoms with van der Waals surface area (Å²) >= 11 is 0. The van der Waals surface area contributed by atoms with Crippen molar-refractivity contribution in [3.63, 3.8) is 0 Å². The minimum Gasteiger partial charge on any atom is -0.477 e. The van der Waals surface area contributed by atoms with E-state index in [0.29, 0.717) is 12.0 Å². The zero-order valence-electron chi connectivity index (χ0n) is 12.4. The summed E-state index contributed by atoms with van der Waals surface area (Å²) in [5, 5.41) is 11.3. The van der Waals surface area contributed by atoms with Gasteiger partial charge in [-0.05, 0) is 30.2 Å². The van der Waals surface area contributed by atoms with Gasteiger partial charge < -0.3 is 10.0 Å². The van der Waals surface area contributed by atoms with Crippen LogP contribution in [0.1, 0.15) is 37.2 Å². The number of rotatable bonds is 5. The quantitative estimate of drug-likeness (QED) is 0.912. The molecule has 0 saturated heterocycles. The molecule has 1 heterocycles. The molecule has 1 fully saturated rings. The Balaban J connectivity index is 2.15.